The molecular formula is C14H22N4O2S2. The summed E-state index contributed by atoms with van der Waals surface area (Å²) in [6.07, 6.45) is 1.33. The van der Waals surface area contributed by atoms with Crippen molar-refractivity contribution in [1.29, 1.82) is 0 Å². The van der Waals surface area contributed by atoms with Gasteiger partial charge in [0.2, 0.25) is 16.9 Å². The predicted molar refractivity (Wildman–Crippen MR) is 89.1 cm³/mol. The molecule has 1 fully saturated rings. The van der Waals surface area contributed by atoms with E-state index in [-0.39, 0.29) is 30.2 Å². The Hall–Kier alpha value is -1.15. The standard InChI is InChI=1S/C14H22N4O2S2/c1-5-9(4)21-14-17-16-13(22-14)15-12(20)10-6-11(19)18(7-10)8(2)3/h8-10H,5-7H2,1-4H3,(H,15,16,20)/t9-,10+/m0/s1. The zero-order valence-corrected chi connectivity index (χ0v) is 15.0. The molecule has 0 bridgehead atoms. The van der Waals surface area contributed by atoms with Crippen LogP contribution < -0.4 is 5.32 Å². The highest BCUT2D eigenvalue weighted by Gasteiger charge is 2.35. The maximum absolute atomic E-state index is 12.3. The summed E-state index contributed by atoms with van der Waals surface area (Å²) < 4.78 is 0.857. The van der Waals surface area contributed by atoms with Crippen molar-refractivity contribution in [1.82, 2.24) is 15.1 Å². The fourth-order valence-electron chi connectivity index (χ4n) is 2.18. The molecule has 2 heterocycles. The summed E-state index contributed by atoms with van der Waals surface area (Å²) in [6, 6.07) is 0.130. The van der Waals surface area contributed by atoms with Crippen molar-refractivity contribution in [3.8, 4) is 0 Å². The van der Waals surface area contributed by atoms with E-state index in [1.165, 1.54) is 11.3 Å². The van der Waals surface area contributed by atoms with Gasteiger partial charge in [-0.05, 0) is 20.3 Å². The Bertz CT molecular complexity index is 547. The Morgan fingerprint density at radius 2 is 2.18 bits per heavy atom. The highest BCUT2D eigenvalue weighted by Crippen LogP contribution is 2.30. The third-order valence-corrected chi connectivity index (χ3v) is 5.86. The summed E-state index contributed by atoms with van der Waals surface area (Å²) in [7, 11) is 0. The largest absolute Gasteiger partial charge is 0.339 e. The van der Waals surface area contributed by atoms with E-state index in [4.69, 9.17) is 0 Å². The summed E-state index contributed by atoms with van der Waals surface area (Å²) in [5, 5.41) is 11.9. The normalized spacial score (nSPS) is 19.8. The van der Waals surface area contributed by atoms with Gasteiger partial charge in [-0.3, -0.25) is 9.59 Å². The summed E-state index contributed by atoms with van der Waals surface area (Å²) in [5.74, 6) is -0.405. The van der Waals surface area contributed by atoms with Crippen LogP contribution in [0.15, 0.2) is 4.34 Å². The molecule has 1 aromatic heterocycles. The van der Waals surface area contributed by atoms with E-state index >= 15 is 0 Å². The molecule has 0 radical (unpaired) electrons. The van der Waals surface area contributed by atoms with Gasteiger partial charge >= 0.3 is 0 Å². The van der Waals surface area contributed by atoms with E-state index in [1.807, 2.05) is 13.8 Å². The number of anilines is 1. The van der Waals surface area contributed by atoms with Crippen LogP contribution in [0.5, 0.6) is 0 Å². The Labute approximate surface area is 139 Å². The number of nitrogens with zero attached hydrogens (tertiary/aromatic N) is 3. The lowest BCUT2D eigenvalue weighted by Gasteiger charge is -2.20. The molecule has 2 amide bonds. The Morgan fingerprint density at radius 3 is 2.77 bits per heavy atom. The SMILES string of the molecule is CC[C@H](C)Sc1nnc(NC(=O)[C@@H]2CC(=O)N(C(C)C)C2)s1. The van der Waals surface area contributed by atoms with Gasteiger partial charge in [0, 0.05) is 24.3 Å². The minimum atomic E-state index is -0.301. The molecular weight excluding hydrogens is 320 g/mol. The maximum Gasteiger partial charge on any atom is 0.231 e. The van der Waals surface area contributed by atoms with Crippen LogP contribution in [0.4, 0.5) is 5.13 Å². The molecule has 1 aliphatic rings. The van der Waals surface area contributed by atoms with Gasteiger partial charge in [-0.25, -0.2) is 0 Å². The third kappa shape index (κ3) is 4.19. The molecule has 0 aromatic carbocycles. The topological polar surface area (TPSA) is 75.2 Å². The summed E-state index contributed by atoms with van der Waals surface area (Å²) in [5.41, 5.74) is 0. The van der Waals surface area contributed by atoms with E-state index < -0.39 is 0 Å². The molecule has 1 aromatic rings. The number of hydrogen-bond acceptors (Lipinski definition) is 6. The van der Waals surface area contributed by atoms with Crippen LogP contribution in [0.1, 0.15) is 40.5 Å². The first-order valence-corrected chi connectivity index (χ1v) is 9.20. The molecule has 0 unspecified atom stereocenters. The third-order valence-electron chi connectivity index (χ3n) is 3.67. The van der Waals surface area contributed by atoms with Gasteiger partial charge in [0.15, 0.2) is 4.34 Å². The average molecular weight is 342 g/mol. The number of carbonyl (C=O) groups excluding carboxylic acids is 2. The van der Waals surface area contributed by atoms with Crippen molar-refractivity contribution in [2.24, 2.45) is 5.92 Å². The van der Waals surface area contributed by atoms with Crippen LogP contribution >= 0.6 is 23.1 Å². The van der Waals surface area contributed by atoms with Gasteiger partial charge in [-0.2, -0.15) is 0 Å². The average Bonchev–Trinajstić information content (AvgIpc) is 3.05. The number of nitrogens with one attached hydrogen (secondary N) is 1. The Morgan fingerprint density at radius 1 is 1.45 bits per heavy atom. The molecule has 0 aliphatic carbocycles. The van der Waals surface area contributed by atoms with Gasteiger partial charge < -0.3 is 10.2 Å². The number of amides is 2. The second-order valence-corrected chi connectivity index (χ2v) is 8.40. The van der Waals surface area contributed by atoms with E-state index in [0.717, 1.165) is 10.8 Å². The molecule has 2 rings (SSSR count). The zero-order chi connectivity index (χ0) is 16.3. The van der Waals surface area contributed by atoms with E-state index in [9.17, 15) is 9.59 Å². The zero-order valence-electron chi connectivity index (χ0n) is 13.3. The smallest absolute Gasteiger partial charge is 0.231 e. The number of thioether (sulfide) groups is 1. The highest BCUT2D eigenvalue weighted by molar-refractivity contribution is 8.01. The van der Waals surface area contributed by atoms with E-state index in [2.05, 4.69) is 29.4 Å². The van der Waals surface area contributed by atoms with Crippen molar-refractivity contribution in [3.63, 3.8) is 0 Å². The molecule has 6 nitrogen and oxygen atoms in total. The summed E-state index contributed by atoms with van der Waals surface area (Å²) in [4.78, 5) is 25.9. The van der Waals surface area contributed by atoms with E-state index in [1.54, 1.807) is 16.7 Å². The quantitative estimate of drug-likeness (QED) is 0.635. The van der Waals surface area contributed by atoms with Gasteiger partial charge in [-0.1, -0.05) is 36.9 Å². The fourth-order valence-corrected chi connectivity index (χ4v) is 4.18. The monoisotopic (exact) mass is 342 g/mol. The second kappa shape index (κ2) is 7.41. The lowest BCUT2D eigenvalue weighted by atomic mass is 10.1. The molecule has 0 saturated carbocycles. The number of hydrogen-bond donors (Lipinski definition) is 1. The Balaban J connectivity index is 1.91. The maximum atomic E-state index is 12.3. The molecule has 122 valence electrons. The summed E-state index contributed by atoms with van der Waals surface area (Å²) >= 11 is 3.04. The number of aromatic nitrogens is 2. The van der Waals surface area contributed by atoms with E-state index in [0.29, 0.717) is 16.9 Å². The van der Waals surface area contributed by atoms with Crippen LogP contribution in [0.2, 0.25) is 0 Å². The molecule has 0 spiro atoms. The molecule has 1 N–H and O–H groups in total. The van der Waals surface area contributed by atoms with Crippen LogP contribution in [-0.2, 0) is 9.59 Å². The minimum absolute atomic E-state index is 0.0421. The predicted octanol–water partition coefficient (Wildman–Crippen LogP) is 2.62. The van der Waals surface area contributed by atoms with Crippen molar-refractivity contribution >= 4 is 40.0 Å². The molecule has 22 heavy (non-hydrogen) atoms. The fraction of sp³-hybridized carbons (Fsp3) is 0.714. The summed E-state index contributed by atoms with van der Waals surface area (Å²) in [6.45, 7) is 8.66. The van der Waals surface area contributed by atoms with Gasteiger partial charge in [-0.15, -0.1) is 10.2 Å². The number of likely N-dealkylation sites (tertiary alicyclic amines) is 1. The van der Waals surface area contributed by atoms with Crippen LogP contribution in [0.25, 0.3) is 0 Å². The van der Waals surface area contributed by atoms with Gasteiger partial charge in [0.25, 0.3) is 0 Å². The number of carbonyl (C=O) groups is 2. The second-order valence-electron chi connectivity index (χ2n) is 5.74. The first-order valence-electron chi connectivity index (χ1n) is 7.51. The number of rotatable bonds is 6. The van der Waals surface area contributed by atoms with Crippen molar-refractivity contribution in [2.45, 2.75) is 56.2 Å². The lowest BCUT2D eigenvalue weighted by molar-refractivity contribution is -0.129. The van der Waals surface area contributed by atoms with Crippen LogP contribution in [0.3, 0.4) is 0 Å². The van der Waals surface area contributed by atoms with Crippen LogP contribution in [-0.4, -0.2) is 44.7 Å². The minimum Gasteiger partial charge on any atom is -0.339 e. The Kier molecular flexibility index (Phi) is 5.80. The highest BCUT2D eigenvalue weighted by atomic mass is 32.2. The molecule has 8 heteroatoms. The van der Waals surface area contributed by atoms with Crippen molar-refractivity contribution < 1.29 is 9.59 Å². The lowest BCUT2D eigenvalue weighted by Crippen LogP contribution is -2.33. The molecule has 2 atom stereocenters. The first kappa shape index (κ1) is 17.2. The van der Waals surface area contributed by atoms with Gasteiger partial charge in [0.05, 0.1) is 5.92 Å². The van der Waals surface area contributed by atoms with Crippen molar-refractivity contribution in [3.05, 3.63) is 0 Å². The van der Waals surface area contributed by atoms with Crippen LogP contribution in [0, 0.1) is 5.92 Å². The van der Waals surface area contributed by atoms with Gasteiger partial charge in [0.1, 0.15) is 0 Å². The molecule has 1 saturated heterocycles. The first-order chi connectivity index (χ1) is 10.4. The molecule has 1 aliphatic heterocycles. The van der Waals surface area contributed by atoms with Crippen molar-refractivity contribution in [2.75, 3.05) is 11.9 Å².